The van der Waals surface area contributed by atoms with Gasteiger partial charge in [0.2, 0.25) is 0 Å². The molecule has 2 N–H and O–H groups in total. The van der Waals surface area contributed by atoms with Crippen LogP contribution in [0.25, 0.3) is 6.08 Å². The van der Waals surface area contributed by atoms with E-state index in [1.165, 1.54) is 24.0 Å². The van der Waals surface area contributed by atoms with E-state index >= 15 is 0 Å². The second-order valence-corrected chi connectivity index (χ2v) is 7.74. The van der Waals surface area contributed by atoms with Crippen molar-refractivity contribution in [2.45, 2.75) is 13.0 Å². The van der Waals surface area contributed by atoms with Crippen LogP contribution in [0, 0.1) is 0 Å². The molecule has 9 heteroatoms. The highest BCUT2D eigenvalue weighted by Crippen LogP contribution is 2.34. The summed E-state index contributed by atoms with van der Waals surface area (Å²) in [7, 11) is 0. The summed E-state index contributed by atoms with van der Waals surface area (Å²) in [5.41, 5.74) is 1.16. The van der Waals surface area contributed by atoms with Crippen LogP contribution in [0.15, 0.2) is 71.1 Å². The van der Waals surface area contributed by atoms with E-state index in [0.29, 0.717) is 27.1 Å². The third-order valence-corrected chi connectivity index (χ3v) is 5.34. The van der Waals surface area contributed by atoms with Gasteiger partial charge in [0.15, 0.2) is 11.3 Å². The molecule has 2 aromatic carbocycles. The van der Waals surface area contributed by atoms with E-state index in [0.717, 1.165) is 11.8 Å². The van der Waals surface area contributed by atoms with Gasteiger partial charge in [-0.1, -0.05) is 24.3 Å². The molecule has 1 aliphatic heterocycles. The number of carboxylic acids is 2. The number of aliphatic carboxylic acids is 1. The van der Waals surface area contributed by atoms with Crippen LogP contribution in [-0.2, 0) is 9.59 Å². The smallest absolute Gasteiger partial charge is 0.344 e. The quantitative estimate of drug-likeness (QED) is 0.459. The SMILES string of the molecule is C=CCN1C(=O)/C(=C/c2cccc(OC(C)C(=O)O)c2)SC1=Nc1cccc(C(=O)O)c1. The molecule has 1 atom stereocenters. The molecule has 1 aliphatic rings. The maximum Gasteiger partial charge on any atom is 0.344 e. The van der Waals surface area contributed by atoms with E-state index in [2.05, 4.69) is 11.6 Å². The molecule has 0 spiro atoms. The van der Waals surface area contributed by atoms with Crippen LogP contribution >= 0.6 is 11.8 Å². The van der Waals surface area contributed by atoms with E-state index in [1.54, 1.807) is 48.6 Å². The van der Waals surface area contributed by atoms with Gasteiger partial charge in [0.05, 0.1) is 16.2 Å². The number of ether oxygens (including phenoxy) is 1. The van der Waals surface area contributed by atoms with E-state index in [4.69, 9.17) is 9.84 Å². The summed E-state index contributed by atoms with van der Waals surface area (Å²) < 4.78 is 5.38. The lowest BCUT2D eigenvalue weighted by molar-refractivity contribution is -0.144. The van der Waals surface area contributed by atoms with Crippen molar-refractivity contribution >= 4 is 46.5 Å². The van der Waals surface area contributed by atoms with Gasteiger partial charge in [0, 0.05) is 6.54 Å². The maximum absolute atomic E-state index is 12.9. The van der Waals surface area contributed by atoms with Gasteiger partial charge in [-0.15, -0.1) is 6.58 Å². The minimum atomic E-state index is -1.08. The lowest BCUT2D eigenvalue weighted by Gasteiger charge is -2.12. The third-order valence-electron chi connectivity index (χ3n) is 4.33. The first-order valence-corrected chi connectivity index (χ1v) is 10.3. The summed E-state index contributed by atoms with van der Waals surface area (Å²) in [6.07, 6.45) is 2.23. The van der Waals surface area contributed by atoms with Crippen LogP contribution in [0.1, 0.15) is 22.8 Å². The van der Waals surface area contributed by atoms with Crippen LogP contribution in [-0.4, -0.2) is 50.8 Å². The molecule has 0 saturated carbocycles. The maximum atomic E-state index is 12.9. The Bertz CT molecular complexity index is 1140. The Kier molecular flexibility index (Phi) is 7.11. The molecule has 1 unspecified atom stereocenters. The Morgan fingerprint density at radius 2 is 1.97 bits per heavy atom. The number of carbonyl (C=O) groups is 3. The van der Waals surface area contributed by atoms with Crippen molar-refractivity contribution in [1.29, 1.82) is 0 Å². The molecule has 0 radical (unpaired) electrons. The van der Waals surface area contributed by atoms with Gasteiger partial charge >= 0.3 is 11.9 Å². The van der Waals surface area contributed by atoms with E-state index in [9.17, 15) is 19.5 Å². The molecular weight excluding hydrogens is 432 g/mol. The van der Waals surface area contributed by atoms with Crippen molar-refractivity contribution in [3.8, 4) is 5.75 Å². The van der Waals surface area contributed by atoms with Gasteiger partial charge in [0.1, 0.15) is 5.75 Å². The van der Waals surface area contributed by atoms with Crippen LogP contribution in [0.3, 0.4) is 0 Å². The van der Waals surface area contributed by atoms with E-state index in [1.807, 2.05) is 0 Å². The zero-order valence-corrected chi connectivity index (χ0v) is 17.9. The number of carboxylic acid groups (broad SMARTS) is 2. The van der Waals surface area contributed by atoms with Crippen molar-refractivity contribution < 1.29 is 29.3 Å². The number of thioether (sulfide) groups is 1. The van der Waals surface area contributed by atoms with Gasteiger partial charge < -0.3 is 14.9 Å². The number of hydrogen-bond donors (Lipinski definition) is 2. The predicted molar refractivity (Wildman–Crippen MR) is 122 cm³/mol. The van der Waals surface area contributed by atoms with Gasteiger partial charge in [-0.05, 0) is 60.7 Å². The minimum absolute atomic E-state index is 0.0969. The number of amides is 1. The molecule has 2 aromatic rings. The van der Waals surface area contributed by atoms with Crippen molar-refractivity contribution in [1.82, 2.24) is 4.90 Å². The van der Waals surface area contributed by atoms with E-state index < -0.39 is 18.0 Å². The number of nitrogens with zero attached hydrogens (tertiary/aromatic N) is 2. The average molecular weight is 452 g/mol. The zero-order chi connectivity index (χ0) is 23.3. The summed E-state index contributed by atoms with van der Waals surface area (Å²) in [5.74, 6) is -2.05. The van der Waals surface area contributed by atoms with Crippen LogP contribution < -0.4 is 4.74 Å². The van der Waals surface area contributed by atoms with Crippen molar-refractivity contribution in [2.75, 3.05) is 6.54 Å². The van der Waals surface area contributed by atoms with Gasteiger partial charge in [-0.25, -0.2) is 14.6 Å². The van der Waals surface area contributed by atoms with Crippen molar-refractivity contribution in [2.24, 2.45) is 4.99 Å². The number of aliphatic imine (C=N–C) groups is 1. The highest BCUT2D eigenvalue weighted by molar-refractivity contribution is 8.18. The fourth-order valence-electron chi connectivity index (χ4n) is 2.78. The molecule has 1 amide bonds. The Balaban J connectivity index is 1.91. The number of aromatic carboxylic acids is 1. The first-order chi connectivity index (χ1) is 15.3. The Hall–Kier alpha value is -3.85. The average Bonchev–Trinajstić information content (AvgIpc) is 3.03. The molecule has 8 nitrogen and oxygen atoms in total. The molecule has 1 saturated heterocycles. The largest absolute Gasteiger partial charge is 0.479 e. The van der Waals surface area contributed by atoms with Gasteiger partial charge in [0.25, 0.3) is 5.91 Å². The Morgan fingerprint density at radius 1 is 1.22 bits per heavy atom. The molecule has 164 valence electrons. The summed E-state index contributed by atoms with van der Waals surface area (Å²) >= 11 is 1.15. The van der Waals surface area contributed by atoms with Crippen molar-refractivity contribution in [3.63, 3.8) is 0 Å². The Morgan fingerprint density at radius 3 is 2.66 bits per heavy atom. The molecule has 0 aromatic heterocycles. The third kappa shape index (κ3) is 5.44. The minimum Gasteiger partial charge on any atom is -0.479 e. The van der Waals surface area contributed by atoms with Crippen LogP contribution in [0.5, 0.6) is 5.75 Å². The summed E-state index contributed by atoms with van der Waals surface area (Å²) in [5, 5.41) is 18.6. The monoisotopic (exact) mass is 452 g/mol. The van der Waals surface area contributed by atoms with E-state index in [-0.39, 0.29) is 18.0 Å². The molecule has 1 fully saturated rings. The second-order valence-electron chi connectivity index (χ2n) is 6.74. The number of rotatable bonds is 8. The molecule has 1 heterocycles. The molecule has 32 heavy (non-hydrogen) atoms. The topological polar surface area (TPSA) is 117 Å². The highest BCUT2D eigenvalue weighted by Gasteiger charge is 2.32. The normalized spacial score (nSPS) is 16.9. The van der Waals surface area contributed by atoms with Gasteiger partial charge in [-0.2, -0.15) is 0 Å². The second kappa shape index (κ2) is 9.97. The summed E-state index contributed by atoms with van der Waals surface area (Å²) in [6.45, 7) is 5.35. The number of benzene rings is 2. The number of amidine groups is 1. The number of carbonyl (C=O) groups excluding carboxylic acids is 1. The fourth-order valence-corrected chi connectivity index (χ4v) is 3.79. The standard InChI is InChI=1S/C23H20N2O6S/c1-3-10-25-20(26)19(12-15-6-4-9-18(11-15)31-14(2)21(27)28)32-23(25)24-17-8-5-7-16(13-17)22(29)30/h3-9,11-14H,1,10H2,2H3,(H,27,28)(H,29,30)/b19-12-,24-23?. The molecule has 3 rings (SSSR count). The Labute approximate surface area is 188 Å². The molecule has 0 bridgehead atoms. The van der Waals surface area contributed by atoms with Crippen LogP contribution in [0.2, 0.25) is 0 Å². The van der Waals surface area contributed by atoms with Gasteiger partial charge in [-0.3, -0.25) is 9.69 Å². The summed E-state index contributed by atoms with van der Waals surface area (Å²) in [6, 6.07) is 12.9. The van der Waals surface area contributed by atoms with Crippen LogP contribution in [0.4, 0.5) is 5.69 Å². The molecular formula is C23H20N2O6S. The zero-order valence-electron chi connectivity index (χ0n) is 17.1. The number of hydrogen-bond acceptors (Lipinski definition) is 6. The summed E-state index contributed by atoms with van der Waals surface area (Å²) in [4.78, 5) is 41.5. The fraction of sp³-hybridized carbons (Fsp3) is 0.130. The molecule has 0 aliphatic carbocycles. The first kappa shape index (κ1) is 22.8. The highest BCUT2D eigenvalue weighted by atomic mass is 32.2. The lowest BCUT2D eigenvalue weighted by atomic mass is 10.2. The first-order valence-electron chi connectivity index (χ1n) is 9.52. The predicted octanol–water partition coefficient (Wildman–Crippen LogP) is 4.03. The van der Waals surface area contributed by atoms with Crippen molar-refractivity contribution in [3.05, 3.63) is 77.2 Å². The lowest BCUT2D eigenvalue weighted by Crippen LogP contribution is -2.29.